The molecule has 2 aliphatic heterocycles. The molecule has 0 aromatic heterocycles. The van der Waals surface area contributed by atoms with E-state index >= 15 is 0 Å². The number of nitrogens with two attached hydrogens (primary N) is 1. The monoisotopic (exact) mass is 273 g/mol. The molecule has 0 aliphatic carbocycles. The Morgan fingerprint density at radius 2 is 2.15 bits per heavy atom. The van der Waals surface area contributed by atoms with Gasteiger partial charge in [-0.15, -0.1) is 0 Å². The van der Waals surface area contributed by atoms with Crippen LogP contribution in [0.3, 0.4) is 0 Å². The Morgan fingerprint density at radius 1 is 1.40 bits per heavy atom. The lowest BCUT2D eigenvalue weighted by atomic mass is 9.96. The first-order valence-electron chi connectivity index (χ1n) is 6.92. The summed E-state index contributed by atoms with van der Waals surface area (Å²) in [6.07, 6.45) is 1.12. The quantitative estimate of drug-likeness (QED) is 0.831. The molecule has 1 atom stereocenters. The summed E-state index contributed by atoms with van der Waals surface area (Å²) in [5.41, 5.74) is 8.64. The Kier molecular flexibility index (Phi) is 3.19. The van der Waals surface area contributed by atoms with Gasteiger partial charge in [0.2, 0.25) is 0 Å². The zero-order valence-electron chi connectivity index (χ0n) is 11.7. The van der Waals surface area contributed by atoms with Crippen LogP contribution in [0.4, 0.5) is 11.4 Å². The molecular weight excluding hydrogens is 254 g/mol. The van der Waals surface area contributed by atoms with Crippen LogP contribution in [-0.4, -0.2) is 31.9 Å². The van der Waals surface area contributed by atoms with Crippen LogP contribution in [0.5, 0.6) is 5.75 Å². The molecule has 5 nitrogen and oxygen atoms in total. The molecule has 2 aliphatic rings. The summed E-state index contributed by atoms with van der Waals surface area (Å²) in [6, 6.07) is 6.20. The number of rotatable bonds is 2. The van der Waals surface area contributed by atoms with E-state index < -0.39 is 5.60 Å². The van der Waals surface area contributed by atoms with Crippen molar-refractivity contribution in [3.8, 4) is 11.8 Å². The second-order valence-electron chi connectivity index (χ2n) is 5.68. The van der Waals surface area contributed by atoms with E-state index in [9.17, 15) is 0 Å². The highest BCUT2D eigenvalue weighted by molar-refractivity contribution is 5.72. The van der Waals surface area contributed by atoms with Gasteiger partial charge >= 0.3 is 0 Å². The minimum atomic E-state index is -0.423. The number of morpholine rings is 1. The first-order chi connectivity index (χ1) is 9.61. The van der Waals surface area contributed by atoms with E-state index in [1.807, 2.05) is 19.1 Å². The number of fused-ring (bicyclic) bond motifs is 1. The molecule has 0 radical (unpaired) electrons. The maximum Gasteiger partial charge on any atom is 0.125 e. The van der Waals surface area contributed by atoms with E-state index in [-0.39, 0.29) is 0 Å². The molecule has 2 heterocycles. The van der Waals surface area contributed by atoms with Crippen LogP contribution in [-0.2, 0) is 11.2 Å². The zero-order chi connectivity index (χ0) is 14.2. The minimum absolute atomic E-state index is 0.383. The van der Waals surface area contributed by atoms with Gasteiger partial charge in [0.25, 0.3) is 0 Å². The van der Waals surface area contributed by atoms with Crippen molar-refractivity contribution in [1.82, 2.24) is 0 Å². The SMILES string of the molecule is CC1(CC#N)Cc2cc(N)c(N3CCOCC3)cc2O1. The average Bonchev–Trinajstić information content (AvgIpc) is 2.74. The number of nitriles is 1. The highest BCUT2D eigenvalue weighted by Crippen LogP contribution is 2.41. The van der Waals surface area contributed by atoms with Gasteiger partial charge in [0.05, 0.1) is 37.1 Å². The molecule has 0 spiro atoms. The number of hydrogen-bond donors (Lipinski definition) is 1. The van der Waals surface area contributed by atoms with E-state index in [1.54, 1.807) is 0 Å². The van der Waals surface area contributed by atoms with Crippen LogP contribution in [0.15, 0.2) is 12.1 Å². The summed E-state index contributed by atoms with van der Waals surface area (Å²) in [5, 5.41) is 8.91. The largest absolute Gasteiger partial charge is 0.486 e. The predicted octanol–water partition coefficient (Wildman–Crippen LogP) is 1.71. The van der Waals surface area contributed by atoms with Crippen LogP contribution >= 0.6 is 0 Å². The zero-order valence-corrected chi connectivity index (χ0v) is 11.7. The predicted molar refractivity (Wildman–Crippen MR) is 76.9 cm³/mol. The molecule has 3 rings (SSSR count). The second-order valence-corrected chi connectivity index (χ2v) is 5.68. The maximum absolute atomic E-state index is 8.91. The van der Waals surface area contributed by atoms with Crippen molar-refractivity contribution >= 4 is 11.4 Å². The molecule has 0 bridgehead atoms. The van der Waals surface area contributed by atoms with Crippen LogP contribution in [0.1, 0.15) is 18.9 Å². The Labute approximate surface area is 118 Å². The van der Waals surface area contributed by atoms with Gasteiger partial charge < -0.3 is 20.1 Å². The first-order valence-corrected chi connectivity index (χ1v) is 6.92. The van der Waals surface area contributed by atoms with Crippen molar-refractivity contribution in [2.45, 2.75) is 25.4 Å². The topological polar surface area (TPSA) is 71.5 Å². The Bertz CT molecular complexity index is 561. The number of benzene rings is 1. The number of ether oxygens (including phenoxy) is 2. The van der Waals surface area contributed by atoms with Gasteiger partial charge in [-0.1, -0.05) is 0 Å². The van der Waals surface area contributed by atoms with Gasteiger partial charge in [0.15, 0.2) is 0 Å². The third-order valence-electron chi connectivity index (χ3n) is 3.94. The van der Waals surface area contributed by atoms with Gasteiger partial charge in [0, 0.05) is 31.1 Å². The fraction of sp³-hybridized carbons (Fsp3) is 0.533. The highest BCUT2D eigenvalue weighted by atomic mass is 16.5. The summed E-state index contributed by atoms with van der Waals surface area (Å²) < 4.78 is 11.4. The summed E-state index contributed by atoms with van der Waals surface area (Å²) >= 11 is 0. The van der Waals surface area contributed by atoms with E-state index in [1.165, 1.54) is 0 Å². The molecule has 1 unspecified atom stereocenters. The van der Waals surface area contributed by atoms with Crippen molar-refractivity contribution in [3.05, 3.63) is 17.7 Å². The summed E-state index contributed by atoms with van der Waals surface area (Å²) in [5.74, 6) is 0.860. The van der Waals surface area contributed by atoms with Gasteiger partial charge in [-0.25, -0.2) is 0 Å². The van der Waals surface area contributed by atoms with Crippen LogP contribution < -0.4 is 15.4 Å². The lowest BCUT2D eigenvalue weighted by molar-refractivity contribution is 0.120. The van der Waals surface area contributed by atoms with Crippen molar-refractivity contribution < 1.29 is 9.47 Å². The number of nitrogens with zero attached hydrogens (tertiary/aromatic N) is 2. The van der Waals surface area contributed by atoms with Crippen molar-refractivity contribution in [3.63, 3.8) is 0 Å². The maximum atomic E-state index is 8.91. The van der Waals surface area contributed by atoms with Gasteiger partial charge in [-0.05, 0) is 13.0 Å². The highest BCUT2D eigenvalue weighted by Gasteiger charge is 2.35. The molecule has 0 amide bonds. The Balaban J connectivity index is 1.89. The molecule has 0 saturated carbocycles. The first kappa shape index (κ1) is 13.1. The number of nitrogen functional groups attached to an aromatic ring is 1. The van der Waals surface area contributed by atoms with Gasteiger partial charge in [-0.3, -0.25) is 0 Å². The van der Waals surface area contributed by atoms with Crippen LogP contribution in [0.25, 0.3) is 0 Å². The minimum Gasteiger partial charge on any atom is -0.486 e. The number of anilines is 2. The molecule has 106 valence electrons. The lowest BCUT2D eigenvalue weighted by Gasteiger charge is -2.30. The standard InChI is InChI=1S/C15H19N3O2/c1-15(2-3-16)10-11-8-12(17)13(9-14(11)20-15)18-4-6-19-7-5-18/h8-9H,2,4-7,10,17H2,1H3. The fourth-order valence-corrected chi connectivity index (χ4v) is 2.91. The van der Waals surface area contributed by atoms with Crippen LogP contribution in [0, 0.1) is 11.3 Å². The molecule has 1 fully saturated rings. The van der Waals surface area contributed by atoms with Crippen molar-refractivity contribution in [1.29, 1.82) is 5.26 Å². The molecule has 5 heteroatoms. The third-order valence-corrected chi connectivity index (χ3v) is 3.94. The van der Waals surface area contributed by atoms with Gasteiger partial charge in [-0.2, -0.15) is 5.26 Å². The van der Waals surface area contributed by atoms with E-state index in [0.29, 0.717) is 6.42 Å². The molecule has 20 heavy (non-hydrogen) atoms. The normalized spacial score (nSPS) is 24.9. The number of hydrogen-bond acceptors (Lipinski definition) is 5. The fourth-order valence-electron chi connectivity index (χ4n) is 2.91. The van der Waals surface area contributed by atoms with E-state index in [2.05, 4.69) is 11.0 Å². The summed E-state index contributed by atoms with van der Waals surface area (Å²) in [4.78, 5) is 2.22. The van der Waals surface area contributed by atoms with E-state index in [0.717, 1.165) is 55.4 Å². The Hall–Kier alpha value is -1.93. The summed E-state index contributed by atoms with van der Waals surface area (Å²) in [7, 11) is 0. The second kappa shape index (κ2) is 4.88. The molecule has 1 aromatic carbocycles. The average molecular weight is 273 g/mol. The summed E-state index contributed by atoms with van der Waals surface area (Å²) in [6.45, 7) is 5.12. The van der Waals surface area contributed by atoms with Crippen molar-refractivity contribution in [2.24, 2.45) is 0 Å². The van der Waals surface area contributed by atoms with Crippen LogP contribution in [0.2, 0.25) is 0 Å². The smallest absolute Gasteiger partial charge is 0.125 e. The Morgan fingerprint density at radius 3 is 2.85 bits per heavy atom. The molecule has 2 N–H and O–H groups in total. The molecule has 1 saturated heterocycles. The van der Waals surface area contributed by atoms with Crippen molar-refractivity contribution in [2.75, 3.05) is 36.9 Å². The molecule has 1 aromatic rings. The van der Waals surface area contributed by atoms with Gasteiger partial charge in [0.1, 0.15) is 11.4 Å². The molecular formula is C15H19N3O2. The lowest BCUT2D eigenvalue weighted by Crippen LogP contribution is -2.36. The third kappa shape index (κ3) is 2.27. The van der Waals surface area contributed by atoms with E-state index in [4.69, 9.17) is 20.5 Å².